The van der Waals surface area contributed by atoms with E-state index >= 15 is 0 Å². The summed E-state index contributed by atoms with van der Waals surface area (Å²) in [5, 5.41) is 8.40. The van der Waals surface area contributed by atoms with Crippen LogP contribution in [0.1, 0.15) is 53.5 Å². The molecule has 3 rings (SSSR count). The van der Waals surface area contributed by atoms with Gasteiger partial charge in [0, 0.05) is 18.2 Å². The maximum atomic E-state index is 13.5. The van der Waals surface area contributed by atoms with E-state index in [0.717, 1.165) is 36.8 Å². The van der Waals surface area contributed by atoms with E-state index in [1.807, 2.05) is 54.6 Å². The maximum absolute atomic E-state index is 13.5. The van der Waals surface area contributed by atoms with Crippen molar-refractivity contribution in [2.24, 2.45) is 0 Å². The van der Waals surface area contributed by atoms with Crippen molar-refractivity contribution in [3.63, 3.8) is 0 Å². The number of Topliss-reactive ketones (excluding diaryl/α,β-unsaturated/α-hetero) is 1. The summed E-state index contributed by atoms with van der Waals surface area (Å²) in [6.45, 7) is -0.448. The monoisotopic (exact) mass is 372 g/mol. The molecule has 27 heavy (non-hydrogen) atoms. The molecule has 0 aliphatic heterocycles. The minimum atomic E-state index is -0.850. The highest BCUT2D eigenvalue weighted by atomic mass is 17.3. The molecule has 0 bridgehead atoms. The molecule has 1 saturated carbocycles. The molecular formula is C21H24O6. The van der Waals surface area contributed by atoms with Gasteiger partial charge in [0.1, 0.15) is 0 Å². The number of benzene rings is 2. The van der Waals surface area contributed by atoms with Crippen molar-refractivity contribution < 1.29 is 29.5 Å². The first-order valence-electron chi connectivity index (χ1n) is 8.99. The van der Waals surface area contributed by atoms with Crippen LogP contribution in [-0.2, 0) is 24.8 Å². The van der Waals surface area contributed by atoms with E-state index in [-0.39, 0.29) is 5.78 Å². The fourth-order valence-corrected chi connectivity index (χ4v) is 3.93. The number of hydrogen-bond donors (Lipinski definition) is 1. The van der Waals surface area contributed by atoms with Crippen LogP contribution in [0.15, 0.2) is 54.6 Å². The van der Waals surface area contributed by atoms with E-state index in [2.05, 4.69) is 4.89 Å². The zero-order valence-corrected chi connectivity index (χ0v) is 15.3. The summed E-state index contributed by atoms with van der Waals surface area (Å²) in [6.07, 6.45) is 2.67. The van der Waals surface area contributed by atoms with Crippen LogP contribution in [0.5, 0.6) is 0 Å². The minimum absolute atomic E-state index is 0.113. The molecule has 0 radical (unpaired) electrons. The van der Waals surface area contributed by atoms with Crippen LogP contribution < -0.4 is 0 Å². The van der Waals surface area contributed by atoms with E-state index in [9.17, 15) is 4.79 Å². The molecule has 0 saturated heterocycles. The molecule has 0 amide bonds. The molecule has 1 unspecified atom stereocenters. The van der Waals surface area contributed by atoms with Gasteiger partial charge >= 0.3 is 0 Å². The van der Waals surface area contributed by atoms with Gasteiger partial charge in [-0.2, -0.15) is 4.89 Å². The Balaban J connectivity index is 2.00. The van der Waals surface area contributed by atoms with Crippen LogP contribution in [0.3, 0.4) is 0 Å². The molecule has 1 atom stereocenters. The van der Waals surface area contributed by atoms with Crippen molar-refractivity contribution in [1.82, 2.24) is 0 Å². The smallest absolute Gasteiger partial charge is 0.217 e. The van der Waals surface area contributed by atoms with Gasteiger partial charge < -0.3 is 4.74 Å². The summed E-state index contributed by atoms with van der Waals surface area (Å²) in [4.78, 5) is 27.4. The third-order valence-corrected chi connectivity index (χ3v) is 5.13. The Morgan fingerprint density at radius 1 is 1.07 bits per heavy atom. The van der Waals surface area contributed by atoms with Gasteiger partial charge in [0.25, 0.3) is 0 Å². The third kappa shape index (κ3) is 4.10. The molecule has 1 N–H and O–H groups in total. The first kappa shape index (κ1) is 19.7. The Hall–Kier alpha value is -2.09. The highest BCUT2D eigenvalue weighted by molar-refractivity contribution is 6.04. The lowest BCUT2D eigenvalue weighted by Crippen LogP contribution is -2.35. The number of carbonyl (C=O) groups is 1. The Labute approximate surface area is 158 Å². The topological polar surface area (TPSA) is 74.2 Å². The maximum Gasteiger partial charge on any atom is 0.217 e. The summed E-state index contributed by atoms with van der Waals surface area (Å²) in [5.41, 5.74) is 1.70. The molecule has 2 aromatic rings. The summed E-state index contributed by atoms with van der Waals surface area (Å²) < 4.78 is 5.42. The molecule has 144 valence electrons. The Morgan fingerprint density at radius 2 is 1.74 bits per heavy atom. The van der Waals surface area contributed by atoms with Gasteiger partial charge in [0.2, 0.25) is 13.1 Å². The molecule has 1 fully saturated rings. The van der Waals surface area contributed by atoms with E-state index in [1.165, 1.54) is 7.11 Å². The SMILES string of the molecule is COC(OOCOO)c1ccccc1C1(C(=O)c2ccccc2)CCCC1. The summed E-state index contributed by atoms with van der Waals surface area (Å²) in [7, 11) is 1.49. The fourth-order valence-electron chi connectivity index (χ4n) is 3.93. The number of carbonyl (C=O) groups excluding carboxylic acids is 1. The van der Waals surface area contributed by atoms with Crippen molar-refractivity contribution >= 4 is 5.78 Å². The summed E-state index contributed by atoms with van der Waals surface area (Å²) in [6, 6.07) is 17.0. The second kappa shape index (κ2) is 9.21. The fraction of sp³-hybridized carbons (Fsp3) is 0.381. The van der Waals surface area contributed by atoms with Gasteiger partial charge in [-0.25, -0.2) is 15.0 Å². The van der Waals surface area contributed by atoms with Crippen LogP contribution in [0.2, 0.25) is 0 Å². The average Bonchev–Trinajstić information content (AvgIpc) is 3.22. The number of methoxy groups -OCH3 is 1. The van der Waals surface area contributed by atoms with E-state index in [1.54, 1.807) is 0 Å². The number of hydrogen-bond acceptors (Lipinski definition) is 6. The second-order valence-corrected chi connectivity index (χ2v) is 6.60. The molecule has 0 spiro atoms. The standard InChI is InChI=1S/C21H24O6/c1-24-20(27-26-15-25-23)17-11-5-6-12-18(17)21(13-7-8-14-21)19(22)16-9-3-2-4-10-16/h2-6,9-12,20,23H,7-8,13-15H2,1H3. The number of ketones is 1. The molecular weight excluding hydrogens is 348 g/mol. The zero-order valence-electron chi connectivity index (χ0n) is 15.3. The van der Waals surface area contributed by atoms with Gasteiger partial charge in [-0.15, -0.1) is 0 Å². The van der Waals surface area contributed by atoms with Gasteiger partial charge in [-0.1, -0.05) is 67.4 Å². The van der Waals surface area contributed by atoms with Crippen molar-refractivity contribution in [1.29, 1.82) is 0 Å². The van der Waals surface area contributed by atoms with Crippen LogP contribution >= 0.6 is 0 Å². The van der Waals surface area contributed by atoms with E-state index in [0.29, 0.717) is 5.56 Å². The van der Waals surface area contributed by atoms with Crippen LogP contribution in [0, 0.1) is 0 Å². The molecule has 0 heterocycles. The molecule has 1 aliphatic rings. The summed E-state index contributed by atoms with van der Waals surface area (Å²) >= 11 is 0. The van der Waals surface area contributed by atoms with Crippen molar-refractivity contribution in [2.75, 3.05) is 13.9 Å². The predicted molar refractivity (Wildman–Crippen MR) is 97.9 cm³/mol. The quantitative estimate of drug-likeness (QED) is 0.231. The minimum Gasteiger partial charge on any atom is -0.349 e. The first-order chi connectivity index (χ1) is 13.2. The Bertz CT molecular complexity index is 739. The van der Waals surface area contributed by atoms with Crippen LogP contribution in [0.4, 0.5) is 0 Å². The van der Waals surface area contributed by atoms with Gasteiger partial charge in [-0.05, 0) is 18.4 Å². The Morgan fingerprint density at radius 3 is 2.41 bits per heavy atom. The summed E-state index contributed by atoms with van der Waals surface area (Å²) in [5.74, 6) is 0.113. The number of ether oxygens (including phenoxy) is 1. The Kier molecular flexibility index (Phi) is 6.71. The largest absolute Gasteiger partial charge is 0.349 e. The zero-order chi connectivity index (χ0) is 19.1. The number of rotatable bonds is 9. The van der Waals surface area contributed by atoms with E-state index in [4.69, 9.17) is 19.8 Å². The highest BCUT2D eigenvalue weighted by Crippen LogP contribution is 2.46. The van der Waals surface area contributed by atoms with Crippen LogP contribution in [-0.4, -0.2) is 24.9 Å². The average molecular weight is 372 g/mol. The lowest BCUT2D eigenvalue weighted by Gasteiger charge is -2.32. The molecule has 6 nitrogen and oxygen atoms in total. The normalized spacial score (nSPS) is 17.0. The first-order valence-corrected chi connectivity index (χ1v) is 8.99. The highest BCUT2D eigenvalue weighted by Gasteiger charge is 2.45. The molecule has 6 heteroatoms. The second-order valence-electron chi connectivity index (χ2n) is 6.60. The third-order valence-electron chi connectivity index (χ3n) is 5.13. The lowest BCUT2D eigenvalue weighted by atomic mass is 9.71. The van der Waals surface area contributed by atoms with Crippen molar-refractivity contribution in [2.45, 2.75) is 37.4 Å². The van der Waals surface area contributed by atoms with Gasteiger partial charge in [0.15, 0.2) is 5.78 Å². The lowest BCUT2D eigenvalue weighted by molar-refractivity contribution is -0.444. The van der Waals surface area contributed by atoms with Gasteiger partial charge in [0.05, 0.1) is 5.41 Å². The van der Waals surface area contributed by atoms with Crippen molar-refractivity contribution in [3.8, 4) is 0 Å². The van der Waals surface area contributed by atoms with Crippen molar-refractivity contribution in [3.05, 3.63) is 71.3 Å². The van der Waals surface area contributed by atoms with E-state index < -0.39 is 18.5 Å². The van der Waals surface area contributed by atoms with Gasteiger partial charge in [-0.3, -0.25) is 4.79 Å². The molecule has 1 aliphatic carbocycles. The predicted octanol–water partition coefficient (Wildman–Crippen LogP) is 4.42. The molecule has 2 aromatic carbocycles. The molecule has 0 aromatic heterocycles. The van der Waals surface area contributed by atoms with Crippen LogP contribution in [0.25, 0.3) is 0 Å².